The predicted octanol–water partition coefficient (Wildman–Crippen LogP) is 3.24. The molecule has 0 bridgehead atoms. The Kier molecular flexibility index (Phi) is 4.42. The number of aromatic nitrogens is 4. The monoisotopic (exact) mass is 306 g/mol. The number of anilines is 3. The summed E-state index contributed by atoms with van der Waals surface area (Å²) < 4.78 is 0. The highest BCUT2D eigenvalue weighted by Gasteiger charge is 2.02. The van der Waals surface area contributed by atoms with Crippen LogP contribution in [0.15, 0.2) is 48.9 Å². The average molecular weight is 306 g/mol. The molecule has 0 fully saturated rings. The molecule has 2 heterocycles. The van der Waals surface area contributed by atoms with Gasteiger partial charge in [-0.2, -0.15) is 10.1 Å². The van der Waals surface area contributed by atoms with Crippen molar-refractivity contribution in [3.63, 3.8) is 0 Å². The van der Waals surface area contributed by atoms with Gasteiger partial charge in [0.15, 0.2) is 5.82 Å². The fourth-order valence-corrected chi connectivity index (χ4v) is 2.32. The SMILES string of the molecule is Cc1cc(C)cc(Nc2cnnc(NCc3ccncc3)n2)c1. The standard InChI is InChI=1S/C17H18N6/c1-12-7-13(2)9-15(8-12)21-16-11-20-23-17(22-16)19-10-14-3-5-18-6-4-14/h3-9,11H,10H2,1-2H3,(H2,19,21,22,23). The molecule has 0 amide bonds. The van der Waals surface area contributed by atoms with Gasteiger partial charge in [0, 0.05) is 24.6 Å². The summed E-state index contributed by atoms with van der Waals surface area (Å²) in [6, 6.07) is 10.2. The van der Waals surface area contributed by atoms with Gasteiger partial charge in [0.25, 0.3) is 0 Å². The van der Waals surface area contributed by atoms with Crippen molar-refractivity contribution in [3.05, 3.63) is 65.6 Å². The van der Waals surface area contributed by atoms with Gasteiger partial charge in [-0.25, -0.2) is 0 Å². The second-order valence-corrected chi connectivity index (χ2v) is 5.38. The molecule has 3 rings (SSSR count). The maximum Gasteiger partial charge on any atom is 0.244 e. The number of pyridine rings is 1. The van der Waals surface area contributed by atoms with Crippen molar-refractivity contribution in [2.45, 2.75) is 20.4 Å². The van der Waals surface area contributed by atoms with E-state index in [-0.39, 0.29) is 0 Å². The van der Waals surface area contributed by atoms with Crippen molar-refractivity contribution in [1.82, 2.24) is 20.2 Å². The Labute approximate surface area is 135 Å². The number of benzene rings is 1. The van der Waals surface area contributed by atoms with Crippen LogP contribution in [-0.4, -0.2) is 20.2 Å². The van der Waals surface area contributed by atoms with Crippen molar-refractivity contribution < 1.29 is 0 Å². The Balaban J connectivity index is 1.69. The van der Waals surface area contributed by atoms with Crippen molar-refractivity contribution in [2.24, 2.45) is 0 Å². The van der Waals surface area contributed by atoms with Crippen LogP contribution in [0.5, 0.6) is 0 Å². The van der Waals surface area contributed by atoms with Crippen LogP contribution in [0.3, 0.4) is 0 Å². The molecule has 2 aromatic heterocycles. The van der Waals surface area contributed by atoms with E-state index in [0.29, 0.717) is 18.3 Å². The largest absolute Gasteiger partial charge is 0.349 e. The Morgan fingerprint density at radius 3 is 2.48 bits per heavy atom. The third-order valence-electron chi connectivity index (χ3n) is 3.25. The molecule has 0 aliphatic carbocycles. The van der Waals surface area contributed by atoms with E-state index in [9.17, 15) is 0 Å². The zero-order valence-electron chi connectivity index (χ0n) is 13.1. The van der Waals surface area contributed by atoms with Crippen molar-refractivity contribution in [2.75, 3.05) is 10.6 Å². The Morgan fingerprint density at radius 2 is 1.74 bits per heavy atom. The summed E-state index contributed by atoms with van der Waals surface area (Å²) in [5.74, 6) is 1.14. The Hall–Kier alpha value is -3.02. The number of nitrogens with one attached hydrogen (secondary N) is 2. The average Bonchev–Trinajstić information content (AvgIpc) is 2.53. The quantitative estimate of drug-likeness (QED) is 0.753. The smallest absolute Gasteiger partial charge is 0.244 e. The van der Waals surface area contributed by atoms with E-state index in [1.165, 1.54) is 11.1 Å². The van der Waals surface area contributed by atoms with Crippen LogP contribution in [0, 0.1) is 13.8 Å². The van der Waals surface area contributed by atoms with E-state index in [4.69, 9.17) is 0 Å². The Morgan fingerprint density at radius 1 is 1.00 bits per heavy atom. The van der Waals surface area contributed by atoms with Crippen LogP contribution in [0.25, 0.3) is 0 Å². The molecule has 0 radical (unpaired) electrons. The minimum atomic E-state index is 0.483. The normalized spacial score (nSPS) is 10.3. The van der Waals surface area contributed by atoms with Gasteiger partial charge >= 0.3 is 0 Å². The van der Waals surface area contributed by atoms with E-state index >= 15 is 0 Å². The maximum absolute atomic E-state index is 4.43. The second kappa shape index (κ2) is 6.83. The van der Waals surface area contributed by atoms with Gasteiger partial charge in [-0.05, 0) is 54.8 Å². The zero-order valence-corrected chi connectivity index (χ0v) is 13.1. The molecule has 0 saturated carbocycles. The molecule has 1 aromatic carbocycles. The molecule has 6 nitrogen and oxygen atoms in total. The number of hydrogen-bond donors (Lipinski definition) is 2. The van der Waals surface area contributed by atoms with Gasteiger partial charge in [0.05, 0.1) is 6.20 Å². The predicted molar refractivity (Wildman–Crippen MR) is 90.6 cm³/mol. The van der Waals surface area contributed by atoms with Crippen molar-refractivity contribution in [3.8, 4) is 0 Å². The molecule has 2 N–H and O–H groups in total. The second-order valence-electron chi connectivity index (χ2n) is 5.38. The highest BCUT2D eigenvalue weighted by Crippen LogP contribution is 2.18. The number of nitrogens with zero attached hydrogens (tertiary/aromatic N) is 4. The first-order chi connectivity index (χ1) is 11.2. The highest BCUT2D eigenvalue weighted by molar-refractivity contribution is 5.58. The first-order valence-corrected chi connectivity index (χ1v) is 7.37. The molecule has 0 aliphatic rings. The van der Waals surface area contributed by atoms with Gasteiger partial charge in [-0.3, -0.25) is 4.98 Å². The summed E-state index contributed by atoms with van der Waals surface area (Å²) in [6.45, 7) is 4.76. The molecule has 0 spiro atoms. The van der Waals surface area contributed by atoms with Crippen molar-refractivity contribution in [1.29, 1.82) is 0 Å². The molecular formula is C17H18N6. The first-order valence-electron chi connectivity index (χ1n) is 7.37. The first kappa shape index (κ1) is 14.9. The summed E-state index contributed by atoms with van der Waals surface area (Å²) in [6.07, 6.45) is 5.12. The summed E-state index contributed by atoms with van der Waals surface area (Å²) >= 11 is 0. The highest BCUT2D eigenvalue weighted by atomic mass is 15.3. The van der Waals surface area contributed by atoms with Crippen LogP contribution in [-0.2, 0) is 6.54 Å². The number of aryl methyl sites for hydroxylation is 2. The molecular weight excluding hydrogens is 288 g/mol. The van der Waals surface area contributed by atoms with E-state index in [2.05, 4.69) is 62.8 Å². The van der Waals surface area contributed by atoms with Crippen LogP contribution < -0.4 is 10.6 Å². The fourth-order valence-electron chi connectivity index (χ4n) is 2.32. The van der Waals surface area contributed by atoms with E-state index in [0.717, 1.165) is 11.3 Å². The molecule has 6 heteroatoms. The van der Waals surface area contributed by atoms with Crippen LogP contribution >= 0.6 is 0 Å². The molecule has 0 saturated heterocycles. The molecule has 0 aliphatic heterocycles. The lowest BCUT2D eigenvalue weighted by atomic mass is 10.1. The molecule has 3 aromatic rings. The summed E-state index contributed by atoms with van der Waals surface area (Å²) in [7, 11) is 0. The summed E-state index contributed by atoms with van der Waals surface area (Å²) in [5, 5.41) is 14.4. The van der Waals surface area contributed by atoms with E-state index in [1.807, 2.05) is 12.1 Å². The third-order valence-corrected chi connectivity index (χ3v) is 3.25. The van der Waals surface area contributed by atoms with Gasteiger partial charge in [0.1, 0.15) is 0 Å². The van der Waals surface area contributed by atoms with Gasteiger partial charge < -0.3 is 10.6 Å². The number of hydrogen-bond acceptors (Lipinski definition) is 6. The van der Waals surface area contributed by atoms with E-state index in [1.54, 1.807) is 18.6 Å². The lowest BCUT2D eigenvalue weighted by molar-refractivity contribution is 0.947. The van der Waals surface area contributed by atoms with Crippen LogP contribution in [0.4, 0.5) is 17.5 Å². The fraction of sp³-hybridized carbons (Fsp3) is 0.176. The lowest BCUT2D eigenvalue weighted by Crippen LogP contribution is -2.06. The summed E-state index contributed by atoms with van der Waals surface area (Å²) in [5.41, 5.74) is 4.50. The summed E-state index contributed by atoms with van der Waals surface area (Å²) in [4.78, 5) is 8.43. The molecule has 116 valence electrons. The Bertz CT molecular complexity index is 768. The van der Waals surface area contributed by atoms with Gasteiger partial charge in [-0.15, -0.1) is 5.10 Å². The number of rotatable bonds is 5. The maximum atomic E-state index is 4.43. The third kappa shape index (κ3) is 4.23. The molecule has 0 atom stereocenters. The minimum Gasteiger partial charge on any atom is -0.349 e. The molecule has 23 heavy (non-hydrogen) atoms. The van der Waals surface area contributed by atoms with Crippen LogP contribution in [0.2, 0.25) is 0 Å². The van der Waals surface area contributed by atoms with Crippen LogP contribution in [0.1, 0.15) is 16.7 Å². The topological polar surface area (TPSA) is 75.6 Å². The van der Waals surface area contributed by atoms with Gasteiger partial charge in [-0.1, -0.05) is 6.07 Å². The lowest BCUT2D eigenvalue weighted by Gasteiger charge is -2.09. The van der Waals surface area contributed by atoms with Crippen molar-refractivity contribution >= 4 is 17.5 Å². The minimum absolute atomic E-state index is 0.483. The zero-order chi connectivity index (χ0) is 16.1. The van der Waals surface area contributed by atoms with Gasteiger partial charge in [0.2, 0.25) is 5.95 Å². The van der Waals surface area contributed by atoms with E-state index < -0.39 is 0 Å². The molecule has 0 unspecified atom stereocenters.